The largest absolute Gasteiger partial charge is 0.464 e. The molecule has 1 aromatic heterocycles. The van der Waals surface area contributed by atoms with E-state index in [4.69, 9.17) is 16.0 Å². The first kappa shape index (κ1) is 15.7. The van der Waals surface area contributed by atoms with Crippen molar-refractivity contribution in [1.29, 1.82) is 0 Å². The summed E-state index contributed by atoms with van der Waals surface area (Å²) in [7, 11) is 0. The third-order valence-corrected chi connectivity index (χ3v) is 4.59. The first-order valence-corrected chi connectivity index (χ1v) is 8.43. The van der Waals surface area contributed by atoms with Gasteiger partial charge in [0, 0.05) is 21.7 Å². The Morgan fingerprint density at radius 2 is 1.96 bits per heavy atom. The molecule has 1 amide bonds. The Labute approximate surface area is 150 Å². The van der Waals surface area contributed by atoms with Crippen molar-refractivity contribution in [3.05, 3.63) is 77.0 Å². The van der Waals surface area contributed by atoms with Crippen LogP contribution in [0, 0.1) is 6.92 Å². The van der Waals surface area contributed by atoms with Crippen molar-refractivity contribution in [2.75, 3.05) is 5.32 Å². The van der Waals surface area contributed by atoms with E-state index < -0.39 is 0 Å². The topological polar surface area (TPSA) is 42.2 Å². The molecule has 4 rings (SSSR count). The number of benzene rings is 3. The van der Waals surface area contributed by atoms with Gasteiger partial charge in [-0.3, -0.25) is 4.79 Å². The molecule has 4 aromatic rings. The Hall–Kier alpha value is -2.78. The van der Waals surface area contributed by atoms with E-state index >= 15 is 0 Å². The minimum Gasteiger partial charge on any atom is -0.464 e. The van der Waals surface area contributed by atoms with Crippen molar-refractivity contribution >= 4 is 44.9 Å². The SMILES string of the molecule is Cc1cc(Cl)ccc1NC(=O)Cc1coc2ccc3ccccc3c12. The van der Waals surface area contributed by atoms with Crippen molar-refractivity contribution < 1.29 is 9.21 Å². The molecule has 0 aliphatic carbocycles. The number of amides is 1. The number of hydrogen-bond donors (Lipinski definition) is 1. The highest BCUT2D eigenvalue weighted by atomic mass is 35.5. The predicted octanol–water partition coefficient (Wildman–Crippen LogP) is 5.73. The first-order chi connectivity index (χ1) is 12.1. The summed E-state index contributed by atoms with van der Waals surface area (Å²) < 4.78 is 5.65. The lowest BCUT2D eigenvalue weighted by Gasteiger charge is -2.08. The lowest BCUT2D eigenvalue weighted by Crippen LogP contribution is -2.14. The van der Waals surface area contributed by atoms with Gasteiger partial charge >= 0.3 is 0 Å². The zero-order chi connectivity index (χ0) is 17.4. The van der Waals surface area contributed by atoms with Gasteiger partial charge < -0.3 is 9.73 Å². The fraction of sp³-hybridized carbons (Fsp3) is 0.0952. The molecule has 1 heterocycles. The summed E-state index contributed by atoms with van der Waals surface area (Å²) in [6.07, 6.45) is 1.93. The predicted molar refractivity (Wildman–Crippen MR) is 102 cm³/mol. The number of furan rings is 1. The maximum Gasteiger partial charge on any atom is 0.228 e. The Morgan fingerprint density at radius 1 is 1.12 bits per heavy atom. The zero-order valence-corrected chi connectivity index (χ0v) is 14.4. The molecule has 0 aliphatic rings. The van der Waals surface area contributed by atoms with Crippen LogP contribution in [-0.2, 0) is 11.2 Å². The van der Waals surface area contributed by atoms with Crippen LogP contribution in [0.5, 0.6) is 0 Å². The monoisotopic (exact) mass is 349 g/mol. The number of rotatable bonds is 3. The molecule has 0 saturated carbocycles. The number of nitrogens with one attached hydrogen (secondary N) is 1. The van der Waals surface area contributed by atoms with Crippen LogP contribution in [0.4, 0.5) is 5.69 Å². The number of anilines is 1. The van der Waals surface area contributed by atoms with Crippen LogP contribution >= 0.6 is 11.6 Å². The molecular formula is C21H16ClNO2. The van der Waals surface area contributed by atoms with Crippen LogP contribution in [0.3, 0.4) is 0 Å². The molecule has 3 nitrogen and oxygen atoms in total. The standard InChI is InChI=1S/C21H16ClNO2/c1-13-10-16(22)7-8-18(13)23-20(24)11-15-12-25-19-9-6-14-4-2-3-5-17(14)21(15)19/h2-10,12H,11H2,1H3,(H,23,24). The molecule has 0 aliphatic heterocycles. The van der Waals surface area contributed by atoms with Crippen molar-refractivity contribution in [2.24, 2.45) is 0 Å². The molecule has 0 radical (unpaired) electrons. The van der Waals surface area contributed by atoms with Gasteiger partial charge in [0.25, 0.3) is 0 Å². The van der Waals surface area contributed by atoms with E-state index in [2.05, 4.69) is 17.4 Å². The Morgan fingerprint density at radius 3 is 2.80 bits per heavy atom. The van der Waals surface area contributed by atoms with Gasteiger partial charge in [0.1, 0.15) is 5.58 Å². The van der Waals surface area contributed by atoms with Crippen LogP contribution in [0.1, 0.15) is 11.1 Å². The van der Waals surface area contributed by atoms with Gasteiger partial charge in [0.2, 0.25) is 5.91 Å². The van der Waals surface area contributed by atoms with E-state index in [1.165, 1.54) is 0 Å². The lowest BCUT2D eigenvalue weighted by molar-refractivity contribution is -0.115. The maximum absolute atomic E-state index is 12.5. The quantitative estimate of drug-likeness (QED) is 0.513. The van der Waals surface area contributed by atoms with Crippen LogP contribution in [0.25, 0.3) is 21.7 Å². The normalized spacial score (nSPS) is 11.1. The maximum atomic E-state index is 12.5. The summed E-state index contributed by atoms with van der Waals surface area (Å²) in [4.78, 5) is 12.5. The number of hydrogen-bond acceptors (Lipinski definition) is 2. The number of halogens is 1. The van der Waals surface area contributed by atoms with E-state index in [9.17, 15) is 4.79 Å². The van der Waals surface area contributed by atoms with E-state index in [0.717, 1.165) is 38.6 Å². The summed E-state index contributed by atoms with van der Waals surface area (Å²) in [6, 6.07) is 17.5. The lowest BCUT2D eigenvalue weighted by atomic mass is 10.0. The number of fused-ring (bicyclic) bond motifs is 3. The number of carbonyl (C=O) groups excluding carboxylic acids is 1. The van der Waals surface area contributed by atoms with E-state index in [0.29, 0.717) is 5.02 Å². The second-order valence-corrected chi connectivity index (χ2v) is 6.54. The highest BCUT2D eigenvalue weighted by Crippen LogP contribution is 2.30. The molecule has 0 bridgehead atoms. The molecule has 0 spiro atoms. The van der Waals surface area contributed by atoms with E-state index in [1.54, 1.807) is 12.3 Å². The van der Waals surface area contributed by atoms with Gasteiger partial charge in [-0.2, -0.15) is 0 Å². The molecule has 4 heteroatoms. The van der Waals surface area contributed by atoms with Crippen molar-refractivity contribution in [3.63, 3.8) is 0 Å². The van der Waals surface area contributed by atoms with Gasteiger partial charge in [-0.1, -0.05) is 41.9 Å². The first-order valence-electron chi connectivity index (χ1n) is 8.05. The molecule has 124 valence electrons. The Balaban J connectivity index is 1.66. The highest BCUT2D eigenvalue weighted by molar-refractivity contribution is 6.30. The van der Waals surface area contributed by atoms with Crippen molar-refractivity contribution in [3.8, 4) is 0 Å². The molecule has 0 saturated heterocycles. The zero-order valence-electron chi connectivity index (χ0n) is 13.7. The third-order valence-electron chi connectivity index (χ3n) is 4.35. The molecule has 0 fully saturated rings. The summed E-state index contributed by atoms with van der Waals surface area (Å²) in [5, 5.41) is 6.83. The third kappa shape index (κ3) is 2.99. The van der Waals surface area contributed by atoms with Crippen molar-refractivity contribution in [1.82, 2.24) is 0 Å². The average Bonchev–Trinajstić information content (AvgIpc) is 3.01. The molecule has 3 aromatic carbocycles. The van der Waals surface area contributed by atoms with Gasteiger partial charge in [0.15, 0.2) is 0 Å². The van der Waals surface area contributed by atoms with E-state index in [1.807, 2.05) is 43.3 Å². The molecular weight excluding hydrogens is 334 g/mol. The van der Waals surface area contributed by atoms with Crippen LogP contribution in [0.15, 0.2) is 65.3 Å². The van der Waals surface area contributed by atoms with E-state index in [-0.39, 0.29) is 12.3 Å². The Bertz CT molecular complexity index is 1100. The number of aryl methyl sites for hydroxylation is 1. The molecule has 0 atom stereocenters. The van der Waals surface area contributed by atoms with Gasteiger partial charge in [-0.05, 0) is 47.5 Å². The Kier molecular flexibility index (Phi) is 3.94. The highest BCUT2D eigenvalue weighted by Gasteiger charge is 2.14. The summed E-state index contributed by atoms with van der Waals surface area (Å²) >= 11 is 5.96. The second-order valence-electron chi connectivity index (χ2n) is 6.10. The molecule has 1 N–H and O–H groups in total. The van der Waals surface area contributed by atoms with Gasteiger partial charge in [-0.15, -0.1) is 0 Å². The molecule has 0 unspecified atom stereocenters. The number of carbonyl (C=O) groups is 1. The smallest absolute Gasteiger partial charge is 0.228 e. The minimum atomic E-state index is -0.0824. The van der Waals surface area contributed by atoms with Gasteiger partial charge in [-0.25, -0.2) is 0 Å². The van der Waals surface area contributed by atoms with Crippen LogP contribution in [0.2, 0.25) is 5.02 Å². The summed E-state index contributed by atoms with van der Waals surface area (Å²) in [5.74, 6) is -0.0824. The van der Waals surface area contributed by atoms with Crippen molar-refractivity contribution in [2.45, 2.75) is 13.3 Å². The van der Waals surface area contributed by atoms with Gasteiger partial charge in [0.05, 0.1) is 12.7 Å². The molecule has 25 heavy (non-hydrogen) atoms. The fourth-order valence-corrected chi connectivity index (χ4v) is 3.37. The fourth-order valence-electron chi connectivity index (χ4n) is 3.14. The second kappa shape index (κ2) is 6.26. The van der Waals surface area contributed by atoms with Crippen LogP contribution < -0.4 is 5.32 Å². The minimum absolute atomic E-state index is 0.0824. The summed E-state index contributed by atoms with van der Waals surface area (Å²) in [5.41, 5.74) is 3.38. The van der Waals surface area contributed by atoms with Crippen LogP contribution in [-0.4, -0.2) is 5.91 Å². The average molecular weight is 350 g/mol. The summed E-state index contributed by atoms with van der Waals surface area (Å²) in [6.45, 7) is 1.92.